The van der Waals surface area contributed by atoms with Crippen LogP contribution in [0.4, 0.5) is 9.59 Å². The lowest BCUT2D eigenvalue weighted by Crippen LogP contribution is -2.29. The van der Waals surface area contributed by atoms with E-state index in [-0.39, 0.29) is 10.5 Å². The molecule has 0 fully saturated rings. The minimum Gasteiger partial charge on any atom is -0.333 e. The van der Waals surface area contributed by atoms with Crippen LogP contribution in [0.5, 0.6) is 0 Å². The van der Waals surface area contributed by atoms with Crippen molar-refractivity contribution in [2.24, 2.45) is 0 Å². The van der Waals surface area contributed by atoms with E-state index in [0.717, 1.165) is 47.5 Å². The number of hydrogen-bond donors (Lipinski definition) is 0. The van der Waals surface area contributed by atoms with Crippen LogP contribution in [-0.2, 0) is 0 Å². The van der Waals surface area contributed by atoms with Gasteiger partial charge in [-0.2, -0.15) is 0 Å². The first kappa shape index (κ1) is 17.6. The molecule has 0 heterocycles. The Balaban J connectivity index is 4.13. The molecule has 0 saturated carbocycles. The van der Waals surface area contributed by atoms with E-state index in [1.807, 2.05) is 27.7 Å². The van der Waals surface area contributed by atoms with Crippen LogP contribution in [0.2, 0.25) is 0 Å². The van der Waals surface area contributed by atoms with Crippen molar-refractivity contribution in [3.8, 4) is 0 Å². The molecule has 0 aromatic heterocycles. The monoisotopic (exact) mass is 292 g/mol. The molecule has 4 nitrogen and oxygen atoms in total. The summed E-state index contributed by atoms with van der Waals surface area (Å²) < 4.78 is 0. The SMILES string of the molecule is CCCN(CC)C(=O)SSC(=O)N(CC)CCC. The predicted molar refractivity (Wildman–Crippen MR) is 81.1 cm³/mol. The molecule has 0 spiro atoms. The van der Waals surface area contributed by atoms with Crippen molar-refractivity contribution < 1.29 is 9.59 Å². The number of carbonyl (C=O) groups is 2. The minimum atomic E-state index is -0.0229. The molecular formula is C12H24N2O2S2. The molecule has 0 N–H and O–H groups in total. The number of rotatable bonds is 6. The Hall–Kier alpha value is -0.360. The van der Waals surface area contributed by atoms with Crippen LogP contribution >= 0.6 is 21.6 Å². The molecule has 0 unspecified atom stereocenters. The van der Waals surface area contributed by atoms with Gasteiger partial charge in [0.25, 0.3) is 10.5 Å². The van der Waals surface area contributed by atoms with Crippen LogP contribution in [0, 0.1) is 0 Å². The van der Waals surface area contributed by atoms with Crippen molar-refractivity contribution in [2.45, 2.75) is 40.5 Å². The average Bonchev–Trinajstić information content (AvgIpc) is 2.38. The zero-order valence-electron chi connectivity index (χ0n) is 11.8. The van der Waals surface area contributed by atoms with Gasteiger partial charge in [-0.25, -0.2) is 0 Å². The predicted octanol–water partition coefficient (Wildman–Crippen LogP) is 4.07. The number of hydrogen-bond acceptors (Lipinski definition) is 4. The molecule has 0 saturated heterocycles. The lowest BCUT2D eigenvalue weighted by atomic mass is 10.4. The van der Waals surface area contributed by atoms with E-state index in [1.54, 1.807) is 9.80 Å². The highest BCUT2D eigenvalue weighted by molar-refractivity contribution is 8.87. The standard InChI is InChI=1S/C12H24N2O2S2/c1-5-9-13(7-3)11(15)17-18-12(16)14(8-4)10-6-2/h5-10H2,1-4H3. The van der Waals surface area contributed by atoms with Gasteiger partial charge < -0.3 is 9.80 Å². The van der Waals surface area contributed by atoms with E-state index in [2.05, 4.69) is 0 Å². The van der Waals surface area contributed by atoms with Crippen LogP contribution < -0.4 is 0 Å². The smallest absolute Gasteiger partial charge is 0.292 e. The number of nitrogens with zero attached hydrogens (tertiary/aromatic N) is 2. The number of carbonyl (C=O) groups excluding carboxylic acids is 2. The quantitative estimate of drug-likeness (QED) is 0.692. The minimum absolute atomic E-state index is 0.0229. The largest absolute Gasteiger partial charge is 0.333 e. The van der Waals surface area contributed by atoms with Crippen LogP contribution in [0.15, 0.2) is 0 Å². The normalized spacial score (nSPS) is 10.2. The lowest BCUT2D eigenvalue weighted by Gasteiger charge is -2.21. The van der Waals surface area contributed by atoms with Crippen molar-refractivity contribution in [1.82, 2.24) is 9.80 Å². The van der Waals surface area contributed by atoms with Gasteiger partial charge in [-0.3, -0.25) is 9.59 Å². The van der Waals surface area contributed by atoms with Crippen molar-refractivity contribution in [2.75, 3.05) is 26.2 Å². The molecule has 0 aliphatic carbocycles. The summed E-state index contributed by atoms with van der Waals surface area (Å²) in [4.78, 5) is 27.2. The third-order valence-electron chi connectivity index (χ3n) is 2.45. The second-order valence-electron chi connectivity index (χ2n) is 3.86. The molecule has 0 bridgehead atoms. The molecular weight excluding hydrogens is 268 g/mol. The molecule has 0 aliphatic rings. The molecule has 0 atom stereocenters. The molecule has 6 heteroatoms. The summed E-state index contributed by atoms with van der Waals surface area (Å²) in [6, 6.07) is 0. The third-order valence-corrected chi connectivity index (χ3v) is 4.44. The maximum absolute atomic E-state index is 11.8. The van der Waals surface area contributed by atoms with Crippen LogP contribution in [0.25, 0.3) is 0 Å². The molecule has 0 aliphatic heterocycles. The topological polar surface area (TPSA) is 40.6 Å². The summed E-state index contributed by atoms with van der Waals surface area (Å²) >= 11 is 0. The van der Waals surface area contributed by atoms with Gasteiger partial charge in [-0.1, -0.05) is 13.8 Å². The van der Waals surface area contributed by atoms with Gasteiger partial charge in [0, 0.05) is 47.8 Å². The van der Waals surface area contributed by atoms with E-state index < -0.39 is 0 Å². The zero-order valence-corrected chi connectivity index (χ0v) is 13.4. The van der Waals surface area contributed by atoms with E-state index in [9.17, 15) is 9.59 Å². The molecule has 0 radical (unpaired) electrons. The Bertz CT molecular complexity index is 236. The van der Waals surface area contributed by atoms with E-state index in [1.165, 1.54) is 0 Å². The van der Waals surface area contributed by atoms with Gasteiger partial charge in [0.15, 0.2) is 0 Å². The van der Waals surface area contributed by atoms with Gasteiger partial charge >= 0.3 is 0 Å². The van der Waals surface area contributed by atoms with Gasteiger partial charge in [0.2, 0.25) is 0 Å². The second kappa shape index (κ2) is 10.6. The summed E-state index contributed by atoms with van der Waals surface area (Å²) in [5.41, 5.74) is 0. The van der Waals surface area contributed by atoms with Crippen LogP contribution in [-0.4, -0.2) is 46.5 Å². The molecule has 0 rings (SSSR count). The van der Waals surface area contributed by atoms with Crippen molar-refractivity contribution in [3.05, 3.63) is 0 Å². The summed E-state index contributed by atoms with van der Waals surface area (Å²) in [6.45, 7) is 10.9. The molecule has 106 valence electrons. The Morgan fingerprint density at radius 1 is 0.778 bits per heavy atom. The van der Waals surface area contributed by atoms with E-state index >= 15 is 0 Å². The molecule has 18 heavy (non-hydrogen) atoms. The van der Waals surface area contributed by atoms with Crippen LogP contribution in [0.1, 0.15) is 40.5 Å². The van der Waals surface area contributed by atoms with Crippen molar-refractivity contribution >= 4 is 32.1 Å². The molecule has 2 amide bonds. The second-order valence-corrected chi connectivity index (χ2v) is 5.89. The Morgan fingerprint density at radius 3 is 1.33 bits per heavy atom. The maximum atomic E-state index is 11.8. The average molecular weight is 292 g/mol. The third kappa shape index (κ3) is 6.54. The first-order valence-electron chi connectivity index (χ1n) is 6.52. The fourth-order valence-electron chi connectivity index (χ4n) is 1.47. The molecule has 0 aromatic carbocycles. The highest BCUT2D eigenvalue weighted by atomic mass is 33.1. The van der Waals surface area contributed by atoms with Gasteiger partial charge in [0.05, 0.1) is 0 Å². The molecule has 0 aromatic rings. The zero-order chi connectivity index (χ0) is 14.0. The number of amides is 2. The summed E-state index contributed by atoms with van der Waals surface area (Å²) in [6.07, 6.45) is 1.88. The highest BCUT2D eigenvalue weighted by Crippen LogP contribution is 2.27. The lowest BCUT2D eigenvalue weighted by molar-refractivity contribution is 0.224. The van der Waals surface area contributed by atoms with Crippen molar-refractivity contribution in [3.63, 3.8) is 0 Å². The summed E-state index contributed by atoms with van der Waals surface area (Å²) in [5.74, 6) is 0. The maximum Gasteiger partial charge on any atom is 0.292 e. The highest BCUT2D eigenvalue weighted by Gasteiger charge is 2.17. The Kier molecular flexibility index (Phi) is 10.3. The fourth-order valence-corrected chi connectivity index (χ4v) is 3.33. The Labute approximate surface area is 118 Å². The van der Waals surface area contributed by atoms with E-state index in [0.29, 0.717) is 13.1 Å². The van der Waals surface area contributed by atoms with Crippen LogP contribution in [0.3, 0.4) is 0 Å². The summed E-state index contributed by atoms with van der Waals surface area (Å²) in [7, 11) is 2.08. The van der Waals surface area contributed by atoms with E-state index in [4.69, 9.17) is 0 Å². The first-order chi connectivity index (χ1) is 8.60. The van der Waals surface area contributed by atoms with Gasteiger partial charge in [0.1, 0.15) is 0 Å². The first-order valence-corrected chi connectivity index (χ1v) is 8.67. The Morgan fingerprint density at radius 2 is 1.11 bits per heavy atom. The summed E-state index contributed by atoms with van der Waals surface area (Å²) in [5, 5.41) is -0.0458. The van der Waals surface area contributed by atoms with Crippen molar-refractivity contribution in [1.29, 1.82) is 0 Å². The fraction of sp³-hybridized carbons (Fsp3) is 0.833. The van der Waals surface area contributed by atoms with Gasteiger partial charge in [-0.15, -0.1) is 0 Å². The van der Waals surface area contributed by atoms with Gasteiger partial charge in [-0.05, 0) is 26.7 Å².